The Balaban J connectivity index is 1.54. The van der Waals surface area contributed by atoms with Crippen molar-refractivity contribution in [1.29, 1.82) is 0 Å². The van der Waals surface area contributed by atoms with Gasteiger partial charge in [0.1, 0.15) is 22.3 Å². The molecule has 3 amide bonds. The first-order valence-corrected chi connectivity index (χ1v) is 9.39. The molecule has 3 aromatic rings. The van der Waals surface area contributed by atoms with E-state index in [9.17, 15) is 14.4 Å². The molecule has 4 N–H and O–H groups in total. The summed E-state index contributed by atoms with van der Waals surface area (Å²) in [6.45, 7) is 0.172. The number of hydrogen-bond acceptors (Lipinski definition) is 6. The van der Waals surface area contributed by atoms with Crippen LogP contribution in [0.2, 0.25) is 10.3 Å². The van der Waals surface area contributed by atoms with Crippen molar-refractivity contribution in [3.8, 4) is 0 Å². The second kappa shape index (κ2) is 9.83. The number of aromatic carboxylic acids is 1. The highest BCUT2D eigenvalue weighted by atomic mass is 35.5. The summed E-state index contributed by atoms with van der Waals surface area (Å²) in [4.78, 5) is 46.3. The molecule has 0 radical (unpaired) electrons. The Bertz CT molecular complexity index is 1120. The number of amides is 3. The predicted octanol–water partition coefficient (Wildman–Crippen LogP) is 3.45. The summed E-state index contributed by atoms with van der Waals surface area (Å²) in [6.07, 6.45) is 1.01. The lowest BCUT2D eigenvalue weighted by molar-refractivity contribution is 0.0690. The van der Waals surface area contributed by atoms with Crippen LogP contribution >= 0.6 is 23.2 Å². The van der Waals surface area contributed by atoms with Crippen LogP contribution in [0.15, 0.2) is 48.8 Å². The SMILES string of the molecule is O=C(Nc1ccc(CNC(=O)c2cc(C(=O)O)ncn2)cc1)Nc1cc(Cl)nc(Cl)c1. The van der Waals surface area contributed by atoms with Crippen LogP contribution in [0.5, 0.6) is 0 Å². The molecule has 0 saturated carbocycles. The number of benzene rings is 1. The van der Waals surface area contributed by atoms with Crippen molar-refractivity contribution in [2.45, 2.75) is 6.54 Å². The van der Waals surface area contributed by atoms with Crippen molar-refractivity contribution in [2.24, 2.45) is 0 Å². The third-order valence-corrected chi connectivity index (χ3v) is 4.19. The maximum Gasteiger partial charge on any atom is 0.354 e. The van der Waals surface area contributed by atoms with Crippen LogP contribution in [0.25, 0.3) is 0 Å². The topological polar surface area (TPSA) is 146 Å². The molecule has 3 rings (SSSR count). The Morgan fingerprint density at radius 1 is 0.871 bits per heavy atom. The monoisotopic (exact) mass is 460 g/mol. The van der Waals surface area contributed by atoms with Crippen molar-refractivity contribution in [3.63, 3.8) is 0 Å². The number of nitrogens with one attached hydrogen (secondary N) is 3. The van der Waals surface area contributed by atoms with E-state index in [1.165, 1.54) is 12.1 Å². The number of nitrogens with zero attached hydrogens (tertiary/aromatic N) is 3. The molecule has 12 heteroatoms. The predicted molar refractivity (Wildman–Crippen MR) is 114 cm³/mol. The second-order valence-corrected chi connectivity index (χ2v) is 6.83. The largest absolute Gasteiger partial charge is 0.477 e. The average Bonchev–Trinajstić information content (AvgIpc) is 2.72. The molecule has 1 aromatic carbocycles. The molecule has 0 aliphatic heterocycles. The highest BCUT2D eigenvalue weighted by Crippen LogP contribution is 2.19. The van der Waals surface area contributed by atoms with Crippen LogP contribution in [0.3, 0.4) is 0 Å². The molecule has 0 aliphatic carbocycles. The summed E-state index contributed by atoms with van der Waals surface area (Å²) in [7, 11) is 0. The van der Waals surface area contributed by atoms with Gasteiger partial charge in [-0.15, -0.1) is 0 Å². The number of carbonyl (C=O) groups is 3. The number of anilines is 2. The smallest absolute Gasteiger partial charge is 0.354 e. The normalized spacial score (nSPS) is 10.3. The van der Waals surface area contributed by atoms with Gasteiger partial charge in [0.05, 0.1) is 0 Å². The molecule has 158 valence electrons. The Morgan fingerprint density at radius 3 is 2.13 bits per heavy atom. The van der Waals surface area contributed by atoms with Crippen LogP contribution in [0, 0.1) is 0 Å². The van der Waals surface area contributed by atoms with E-state index < -0.39 is 17.9 Å². The fourth-order valence-corrected chi connectivity index (χ4v) is 2.87. The fourth-order valence-electron chi connectivity index (χ4n) is 2.41. The Kier molecular flexibility index (Phi) is 6.96. The van der Waals surface area contributed by atoms with Crippen LogP contribution in [-0.4, -0.2) is 38.0 Å². The molecular formula is C19H14Cl2N6O4. The van der Waals surface area contributed by atoms with Gasteiger partial charge in [0.25, 0.3) is 5.91 Å². The minimum Gasteiger partial charge on any atom is -0.477 e. The maximum absolute atomic E-state index is 12.1. The third-order valence-electron chi connectivity index (χ3n) is 3.80. The summed E-state index contributed by atoms with van der Waals surface area (Å²) in [5.41, 5.74) is 1.32. The lowest BCUT2D eigenvalue weighted by Gasteiger charge is -2.09. The minimum absolute atomic E-state index is 0.0568. The summed E-state index contributed by atoms with van der Waals surface area (Å²) < 4.78 is 0. The van der Waals surface area contributed by atoms with E-state index >= 15 is 0 Å². The number of hydrogen-bond donors (Lipinski definition) is 4. The molecule has 0 aliphatic rings. The summed E-state index contributed by atoms with van der Waals surface area (Å²) in [6, 6.07) is 10.2. The van der Waals surface area contributed by atoms with Gasteiger partial charge in [0.2, 0.25) is 0 Å². The lowest BCUT2D eigenvalue weighted by atomic mass is 10.2. The fraction of sp³-hybridized carbons (Fsp3) is 0.0526. The van der Waals surface area contributed by atoms with Crippen molar-refractivity contribution in [1.82, 2.24) is 20.3 Å². The van der Waals surface area contributed by atoms with E-state index in [1.54, 1.807) is 24.3 Å². The number of pyridine rings is 1. The van der Waals surface area contributed by atoms with Crippen LogP contribution in [0.4, 0.5) is 16.2 Å². The molecule has 0 saturated heterocycles. The zero-order valence-corrected chi connectivity index (χ0v) is 17.1. The van der Waals surface area contributed by atoms with Gasteiger partial charge in [-0.05, 0) is 29.8 Å². The third kappa shape index (κ3) is 6.36. The van der Waals surface area contributed by atoms with E-state index in [1.807, 2.05) is 0 Å². The van der Waals surface area contributed by atoms with Crippen LogP contribution in [-0.2, 0) is 6.54 Å². The number of aromatic nitrogens is 3. The average molecular weight is 461 g/mol. The summed E-state index contributed by atoms with van der Waals surface area (Å²) in [5, 5.41) is 17.1. The molecule has 0 fully saturated rings. The molecule has 2 aromatic heterocycles. The number of halogens is 2. The van der Waals surface area contributed by atoms with Crippen LogP contribution < -0.4 is 16.0 Å². The molecular weight excluding hydrogens is 447 g/mol. The van der Waals surface area contributed by atoms with Crippen LogP contribution in [0.1, 0.15) is 26.5 Å². The molecule has 0 spiro atoms. The van der Waals surface area contributed by atoms with Crippen molar-refractivity contribution >= 4 is 52.5 Å². The maximum atomic E-state index is 12.1. The Labute approximate surface area is 185 Å². The second-order valence-electron chi connectivity index (χ2n) is 6.05. The van der Waals surface area contributed by atoms with Gasteiger partial charge in [0, 0.05) is 24.0 Å². The quantitative estimate of drug-likeness (QED) is 0.411. The molecule has 10 nitrogen and oxygen atoms in total. The van der Waals surface area contributed by atoms with Gasteiger partial charge >= 0.3 is 12.0 Å². The Hall–Kier alpha value is -3.76. The van der Waals surface area contributed by atoms with Gasteiger partial charge in [0.15, 0.2) is 5.69 Å². The summed E-state index contributed by atoms with van der Waals surface area (Å²) >= 11 is 11.6. The van der Waals surface area contributed by atoms with Crippen molar-refractivity contribution in [3.05, 3.63) is 76.0 Å². The minimum atomic E-state index is -1.25. The first-order valence-electron chi connectivity index (χ1n) is 8.64. The van der Waals surface area contributed by atoms with E-state index in [-0.39, 0.29) is 28.2 Å². The molecule has 31 heavy (non-hydrogen) atoms. The first-order chi connectivity index (χ1) is 14.8. The zero-order valence-electron chi connectivity index (χ0n) is 15.6. The van der Waals surface area contributed by atoms with E-state index in [4.69, 9.17) is 28.3 Å². The standard InChI is InChI=1S/C19H14Cl2N6O4/c20-15-5-12(6-16(21)27-15)26-19(31)25-11-3-1-10(2-4-11)8-22-17(28)13-7-14(18(29)30)24-9-23-13/h1-7,9H,8H2,(H,22,28)(H,29,30)(H2,25,26,27,31). The van der Waals surface area contributed by atoms with E-state index in [0.29, 0.717) is 11.4 Å². The molecule has 0 unspecified atom stereocenters. The van der Waals surface area contributed by atoms with Gasteiger partial charge in [-0.25, -0.2) is 24.5 Å². The summed E-state index contributed by atoms with van der Waals surface area (Å²) in [5.74, 6) is -1.79. The number of carbonyl (C=O) groups excluding carboxylic acids is 2. The highest BCUT2D eigenvalue weighted by Gasteiger charge is 2.12. The van der Waals surface area contributed by atoms with E-state index in [0.717, 1.165) is 18.0 Å². The van der Waals surface area contributed by atoms with E-state index in [2.05, 4.69) is 30.9 Å². The molecule has 2 heterocycles. The van der Waals surface area contributed by atoms with Gasteiger partial charge in [-0.2, -0.15) is 0 Å². The number of carboxylic acid groups (broad SMARTS) is 1. The number of carboxylic acids is 1. The first kappa shape index (κ1) is 21.9. The number of urea groups is 1. The number of rotatable bonds is 6. The van der Waals surface area contributed by atoms with Gasteiger partial charge < -0.3 is 21.1 Å². The van der Waals surface area contributed by atoms with Crippen molar-refractivity contribution in [2.75, 3.05) is 10.6 Å². The lowest BCUT2D eigenvalue weighted by Crippen LogP contribution is -2.24. The van der Waals surface area contributed by atoms with Crippen molar-refractivity contribution < 1.29 is 19.5 Å². The Morgan fingerprint density at radius 2 is 1.48 bits per heavy atom. The van der Waals surface area contributed by atoms with Gasteiger partial charge in [-0.1, -0.05) is 35.3 Å². The molecule has 0 bridgehead atoms. The highest BCUT2D eigenvalue weighted by molar-refractivity contribution is 6.33. The van der Waals surface area contributed by atoms with Gasteiger partial charge in [-0.3, -0.25) is 4.79 Å². The zero-order chi connectivity index (χ0) is 22.4. The molecule has 0 atom stereocenters.